The minimum Gasteiger partial charge on any atom is -0.478 e. The van der Waals surface area contributed by atoms with Gasteiger partial charge in [-0.25, -0.2) is 14.4 Å². The van der Waals surface area contributed by atoms with Gasteiger partial charge in [-0.05, 0) is 44.1 Å². The topological polar surface area (TPSA) is 128 Å². The Morgan fingerprint density at radius 1 is 1.00 bits per heavy atom. The van der Waals surface area contributed by atoms with Crippen LogP contribution in [-0.2, 0) is 14.3 Å². The SMILES string of the molecule is COC(=O)N1CCN(CC(=O)c2ccc(Cl)c(Cl)c2)C(CN2CCCC2)C1.O=C(O)/C=C/C(=O)O. The molecule has 0 spiro atoms. The third kappa shape index (κ3) is 9.48. The van der Waals surface area contributed by atoms with Crippen molar-refractivity contribution < 1.29 is 34.1 Å². The molecule has 2 heterocycles. The highest BCUT2D eigenvalue weighted by atomic mass is 35.5. The van der Waals surface area contributed by atoms with Crippen LogP contribution in [0.15, 0.2) is 30.4 Å². The van der Waals surface area contributed by atoms with Crippen LogP contribution in [0.5, 0.6) is 0 Å². The number of ketones is 1. The smallest absolute Gasteiger partial charge is 0.409 e. The maximum absolute atomic E-state index is 12.8. The fourth-order valence-electron chi connectivity index (χ4n) is 3.92. The number of carboxylic acids is 2. The summed E-state index contributed by atoms with van der Waals surface area (Å²) in [7, 11) is 1.40. The van der Waals surface area contributed by atoms with Crippen molar-refractivity contribution in [2.45, 2.75) is 18.9 Å². The standard InChI is InChI=1S/C19H25Cl2N3O3.C4H4O4/c1-27-19(26)24-9-8-23(15(12-24)11-22-6-2-3-7-22)13-18(25)14-4-5-16(20)17(21)10-14;5-3(6)1-2-4(7)8/h4-5,10,15H,2-3,6-9,11-13H2,1H3;1-2H,(H,5,6)(H,7,8)/b;2-1+. The van der Waals surface area contributed by atoms with Gasteiger partial charge in [0.05, 0.1) is 23.7 Å². The number of aliphatic carboxylic acids is 2. The number of nitrogens with zero attached hydrogens (tertiary/aromatic N) is 3. The van der Waals surface area contributed by atoms with Gasteiger partial charge in [-0.15, -0.1) is 0 Å². The van der Waals surface area contributed by atoms with Gasteiger partial charge in [-0.3, -0.25) is 9.69 Å². The molecule has 1 aromatic carbocycles. The number of hydrogen-bond acceptors (Lipinski definition) is 7. The maximum atomic E-state index is 12.8. The molecule has 2 N–H and O–H groups in total. The second-order valence-electron chi connectivity index (χ2n) is 8.11. The molecule has 0 aromatic heterocycles. The van der Waals surface area contributed by atoms with Crippen molar-refractivity contribution in [3.8, 4) is 0 Å². The number of Topliss-reactive ketones (excluding diaryl/α,β-unsaturated/α-hetero) is 1. The van der Waals surface area contributed by atoms with Gasteiger partial charge in [0.25, 0.3) is 0 Å². The summed E-state index contributed by atoms with van der Waals surface area (Å²) >= 11 is 12.0. The Morgan fingerprint density at radius 2 is 1.63 bits per heavy atom. The van der Waals surface area contributed by atoms with Crippen LogP contribution < -0.4 is 0 Å². The van der Waals surface area contributed by atoms with E-state index in [9.17, 15) is 19.2 Å². The normalized spacial score (nSPS) is 18.7. The van der Waals surface area contributed by atoms with Gasteiger partial charge in [0.15, 0.2) is 5.78 Å². The molecule has 2 aliphatic heterocycles. The highest BCUT2D eigenvalue weighted by Crippen LogP contribution is 2.23. The minimum atomic E-state index is -1.26. The van der Waals surface area contributed by atoms with E-state index in [0.717, 1.165) is 19.6 Å². The van der Waals surface area contributed by atoms with Crippen molar-refractivity contribution in [1.82, 2.24) is 14.7 Å². The van der Waals surface area contributed by atoms with Crippen molar-refractivity contribution >= 4 is 47.0 Å². The molecule has 0 bridgehead atoms. The van der Waals surface area contributed by atoms with Crippen molar-refractivity contribution in [3.63, 3.8) is 0 Å². The number of amides is 1. The number of carbonyl (C=O) groups excluding carboxylic acids is 2. The molecule has 0 saturated carbocycles. The van der Waals surface area contributed by atoms with Crippen molar-refractivity contribution in [2.75, 3.05) is 52.9 Å². The number of rotatable bonds is 7. The number of hydrogen-bond donors (Lipinski definition) is 2. The van der Waals surface area contributed by atoms with Crippen molar-refractivity contribution in [3.05, 3.63) is 46.0 Å². The number of methoxy groups -OCH3 is 1. The lowest BCUT2D eigenvalue weighted by molar-refractivity contribution is -0.134. The molecule has 2 fully saturated rings. The summed E-state index contributed by atoms with van der Waals surface area (Å²) in [6.45, 7) is 5.05. The van der Waals surface area contributed by atoms with Crippen LogP contribution in [0.25, 0.3) is 0 Å². The first-order valence-electron chi connectivity index (χ1n) is 11.0. The Morgan fingerprint density at radius 3 is 2.17 bits per heavy atom. The molecular weight excluding hydrogens is 501 g/mol. The van der Waals surface area contributed by atoms with Gasteiger partial charge in [-0.1, -0.05) is 23.2 Å². The summed E-state index contributed by atoms with van der Waals surface area (Å²) in [5.74, 6) is -2.51. The first-order valence-corrected chi connectivity index (χ1v) is 11.8. The Hall–Kier alpha value is -2.66. The lowest BCUT2D eigenvalue weighted by atomic mass is 10.1. The maximum Gasteiger partial charge on any atom is 0.409 e. The minimum absolute atomic E-state index is 0.00602. The molecule has 1 amide bonds. The summed E-state index contributed by atoms with van der Waals surface area (Å²) in [5, 5.41) is 16.4. The van der Waals surface area contributed by atoms with E-state index in [1.807, 2.05) is 0 Å². The number of benzene rings is 1. The van der Waals surface area contributed by atoms with Gasteiger partial charge in [0.1, 0.15) is 0 Å². The zero-order valence-electron chi connectivity index (χ0n) is 19.4. The molecule has 2 saturated heterocycles. The van der Waals surface area contributed by atoms with E-state index in [1.54, 1.807) is 23.1 Å². The Labute approximate surface area is 213 Å². The van der Waals surface area contributed by atoms with Gasteiger partial charge < -0.3 is 24.7 Å². The van der Waals surface area contributed by atoms with E-state index in [2.05, 4.69) is 9.80 Å². The zero-order valence-corrected chi connectivity index (χ0v) is 20.9. The van der Waals surface area contributed by atoms with Gasteiger partial charge in [-0.2, -0.15) is 0 Å². The van der Waals surface area contributed by atoms with Crippen LogP contribution in [0, 0.1) is 0 Å². The second-order valence-corrected chi connectivity index (χ2v) is 8.92. The molecule has 0 aliphatic carbocycles. The first kappa shape index (κ1) is 28.6. The largest absolute Gasteiger partial charge is 0.478 e. The summed E-state index contributed by atoms with van der Waals surface area (Å²) in [6, 6.07) is 5.07. The third-order valence-electron chi connectivity index (χ3n) is 5.66. The van der Waals surface area contributed by atoms with Crippen LogP contribution in [0.2, 0.25) is 10.0 Å². The van der Waals surface area contributed by atoms with Crippen LogP contribution in [0.4, 0.5) is 4.79 Å². The van der Waals surface area contributed by atoms with E-state index >= 15 is 0 Å². The summed E-state index contributed by atoms with van der Waals surface area (Å²) in [4.78, 5) is 50.1. The molecule has 1 aromatic rings. The monoisotopic (exact) mass is 529 g/mol. The fourth-order valence-corrected chi connectivity index (χ4v) is 4.22. The number of carboxylic acid groups (broad SMARTS) is 2. The quantitative estimate of drug-likeness (QED) is 0.404. The second kappa shape index (κ2) is 14.0. The van der Waals surface area contributed by atoms with Crippen LogP contribution >= 0.6 is 23.2 Å². The number of halogens is 2. The number of carbonyl (C=O) groups is 4. The van der Waals surface area contributed by atoms with Crippen molar-refractivity contribution in [2.24, 2.45) is 0 Å². The average Bonchev–Trinajstić information content (AvgIpc) is 3.33. The van der Waals surface area contributed by atoms with Gasteiger partial charge >= 0.3 is 18.0 Å². The lowest BCUT2D eigenvalue weighted by Crippen LogP contribution is -2.58. The summed E-state index contributed by atoms with van der Waals surface area (Å²) in [6.07, 6.45) is 3.22. The molecule has 192 valence electrons. The molecular formula is C23H29Cl2N3O7. The molecule has 1 unspecified atom stereocenters. The predicted molar refractivity (Wildman–Crippen MR) is 130 cm³/mol. The zero-order chi connectivity index (χ0) is 26.0. The lowest BCUT2D eigenvalue weighted by Gasteiger charge is -2.41. The molecule has 12 heteroatoms. The molecule has 10 nitrogen and oxygen atoms in total. The van der Waals surface area contributed by atoms with E-state index in [1.165, 1.54) is 20.0 Å². The highest BCUT2D eigenvalue weighted by molar-refractivity contribution is 6.42. The van der Waals surface area contributed by atoms with E-state index in [4.69, 9.17) is 38.2 Å². The summed E-state index contributed by atoms with van der Waals surface area (Å²) < 4.78 is 4.88. The van der Waals surface area contributed by atoms with Gasteiger partial charge in [0, 0.05) is 49.9 Å². The Kier molecular flexibility index (Phi) is 11.5. The number of likely N-dealkylation sites (tertiary alicyclic amines) is 1. The predicted octanol–water partition coefficient (Wildman–Crippen LogP) is 2.74. The van der Waals surface area contributed by atoms with E-state index in [-0.39, 0.29) is 17.9 Å². The first-order chi connectivity index (χ1) is 16.6. The van der Waals surface area contributed by atoms with Crippen molar-refractivity contribution in [1.29, 1.82) is 0 Å². The molecule has 2 aliphatic rings. The summed E-state index contributed by atoms with van der Waals surface area (Å²) in [5.41, 5.74) is 0.555. The van der Waals surface area contributed by atoms with E-state index in [0.29, 0.717) is 53.9 Å². The Bertz CT molecular complexity index is 935. The average molecular weight is 530 g/mol. The molecule has 1 atom stereocenters. The Balaban J connectivity index is 0.000000466. The van der Waals surface area contributed by atoms with Gasteiger partial charge in [0.2, 0.25) is 0 Å². The van der Waals surface area contributed by atoms with Crippen LogP contribution in [0.1, 0.15) is 23.2 Å². The van der Waals surface area contributed by atoms with Crippen LogP contribution in [0.3, 0.4) is 0 Å². The fraction of sp³-hybridized carbons (Fsp3) is 0.478. The number of ether oxygens (including phenoxy) is 1. The molecule has 0 radical (unpaired) electrons. The van der Waals surface area contributed by atoms with Crippen LogP contribution in [-0.4, -0.2) is 108 Å². The highest BCUT2D eigenvalue weighted by Gasteiger charge is 2.33. The third-order valence-corrected chi connectivity index (χ3v) is 6.40. The molecule has 3 rings (SSSR count). The number of piperazine rings is 1. The molecule has 35 heavy (non-hydrogen) atoms. The van der Waals surface area contributed by atoms with E-state index < -0.39 is 11.9 Å².